The Bertz CT molecular complexity index is 761. The molecular weight excluding hydrogens is 336 g/mol. The molecule has 0 aromatic heterocycles. The molecule has 3 saturated carbocycles. The molecule has 6 fully saturated rings. The molecule has 3 saturated heterocycles. The minimum Gasteiger partial charge on any atom is -0.464 e. The van der Waals surface area contributed by atoms with Crippen LogP contribution in [0.25, 0.3) is 0 Å². The van der Waals surface area contributed by atoms with Crippen LogP contribution in [0.1, 0.15) is 32.6 Å². The third-order valence-corrected chi connectivity index (χ3v) is 8.65. The Morgan fingerprint density at radius 3 is 2.85 bits per heavy atom. The van der Waals surface area contributed by atoms with Gasteiger partial charge in [0.05, 0.1) is 18.8 Å². The predicted molar refractivity (Wildman–Crippen MR) is 87.6 cm³/mol. The van der Waals surface area contributed by atoms with Crippen LogP contribution in [0.3, 0.4) is 0 Å². The topological polar surface area (TPSA) is 82.1 Å². The lowest BCUT2D eigenvalue weighted by Gasteiger charge is -2.59. The first-order chi connectivity index (χ1) is 12.3. The molecule has 4 bridgehead atoms. The van der Waals surface area contributed by atoms with Crippen molar-refractivity contribution in [3.8, 4) is 0 Å². The highest BCUT2D eigenvalue weighted by Gasteiger charge is 2.80. The molecule has 26 heavy (non-hydrogen) atoms. The average Bonchev–Trinajstić information content (AvgIpc) is 3.12. The fourth-order valence-corrected chi connectivity index (χ4v) is 7.75. The van der Waals surface area contributed by atoms with Gasteiger partial charge in [-0.3, -0.25) is 9.59 Å². The Labute approximate surface area is 151 Å². The lowest BCUT2D eigenvalue weighted by Crippen LogP contribution is -2.68. The average molecular weight is 360 g/mol. The van der Waals surface area contributed by atoms with Gasteiger partial charge in [0.15, 0.2) is 12.1 Å². The van der Waals surface area contributed by atoms with E-state index in [1.807, 2.05) is 0 Å². The Kier molecular flexibility index (Phi) is 2.68. The van der Waals surface area contributed by atoms with E-state index >= 15 is 0 Å². The summed E-state index contributed by atoms with van der Waals surface area (Å²) in [6.07, 6.45) is 1.57. The molecule has 6 aliphatic rings. The van der Waals surface area contributed by atoms with Crippen LogP contribution in [0.15, 0.2) is 12.2 Å². The zero-order valence-corrected chi connectivity index (χ0v) is 14.9. The fourth-order valence-electron chi connectivity index (χ4n) is 7.75. The number of aliphatic hydroxyl groups is 1. The number of esters is 1. The summed E-state index contributed by atoms with van der Waals surface area (Å²) >= 11 is 0. The normalized spacial score (nSPS) is 59.7. The lowest BCUT2D eigenvalue weighted by molar-refractivity contribution is -0.231. The van der Waals surface area contributed by atoms with Crippen LogP contribution in [0.5, 0.6) is 0 Å². The summed E-state index contributed by atoms with van der Waals surface area (Å²) in [6, 6.07) is 0. The first-order valence-electron chi connectivity index (χ1n) is 9.70. The SMILES string of the molecule is C=C1C(=O)C23CC1CC(O)C2C1(COC3=O)C2CCC3(C)COC(O2)C31. The van der Waals surface area contributed by atoms with Crippen molar-refractivity contribution in [2.45, 2.75) is 51.1 Å². The Morgan fingerprint density at radius 1 is 1.23 bits per heavy atom. The van der Waals surface area contributed by atoms with E-state index in [0.29, 0.717) is 25.0 Å². The molecule has 0 aromatic carbocycles. The molecule has 6 nitrogen and oxygen atoms in total. The van der Waals surface area contributed by atoms with Gasteiger partial charge < -0.3 is 19.3 Å². The summed E-state index contributed by atoms with van der Waals surface area (Å²) in [5.74, 6) is -1.24. The minimum absolute atomic E-state index is 0.0385. The maximum atomic E-state index is 13.2. The molecule has 2 spiro atoms. The number of ketones is 1. The second kappa shape index (κ2) is 4.42. The van der Waals surface area contributed by atoms with E-state index in [1.165, 1.54) is 0 Å². The van der Waals surface area contributed by atoms with Crippen molar-refractivity contribution in [1.29, 1.82) is 0 Å². The number of fused-ring (bicyclic) bond motifs is 1. The summed E-state index contributed by atoms with van der Waals surface area (Å²) < 4.78 is 18.0. The second-order valence-electron chi connectivity index (χ2n) is 9.67. The molecule has 3 heterocycles. The summed E-state index contributed by atoms with van der Waals surface area (Å²) in [5, 5.41) is 11.2. The van der Waals surface area contributed by atoms with E-state index in [-0.39, 0.29) is 42.0 Å². The van der Waals surface area contributed by atoms with Crippen molar-refractivity contribution in [2.24, 2.45) is 34.0 Å². The number of allylic oxidation sites excluding steroid dienone is 1. The molecular formula is C20H24O6. The van der Waals surface area contributed by atoms with Crippen molar-refractivity contribution in [1.82, 2.24) is 0 Å². The summed E-state index contributed by atoms with van der Waals surface area (Å²) in [4.78, 5) is 26.2. The number of carbonyl (C=O) groups excluding carboxylic acids is 2. The largest absolute Gasteiger partial charge is 0.464 e. The van der Waals surface area contributed by atoms with Crippen molar-refractivity contribution in [3.63, 3.8) is 0 Å². The third-order valence-electron chi connectivity index (χ3n) is 8.65. The predicted octanol–water partition coefficient (Wildman–Crippen LogP) is 1.21. The zero-order valence-electron chi connectivity index (χ0n) is 14.9. The maximum absolute atomic E-state index is 13.2. The van der Waals surface area contributed by atoms with Gasteiger partial charge in [-0.1, -0.05) is 13.5 Å². The Balaban J connectivity index is 1.58. The van der Waals surface area contributed by atoms with Crippen molar-refractivity contribution >= 4 is 11.8 Å². The van der Waals surface area contributed by atoms with E-state index in [4.69, 9.17) is 14.2 Å². The van der Waals surface area contributed by atoms with Gasteiger partial charge in [0.25, 0.3) is 0 Å². The standard InChI is InChI=1S/C20H24O6/c1-9-10-5-11(21)13-19(6-10,15(9)22)17(23)25-8-20(13)12-3-4-18(2)7-24-16(26-12)14(18)20/h10-14,16,21H,1,3-8H2,2H3. The number of hydrogen-bond donors (Lipinski definition) is 1. The molecule has 0 amide bonds. The van der Waals surface area contributed by atoms with E-state index in [1.54, 1.807) is 0 Å². The van der Waals surface area contributed by atoms with E-state index in [9.17, 15) is 14.7 Å². The molecule has 140 valence electrons. The fraction of sp³-hybridized carbons (Fsp3) is 0.800. The van der Waals surface area contributed by atoms with E-state index in [2.05, 4.69) is 13.5 Å². The molecule has 6 heteroatoms. The van der Waals surface area contributed by atoms with Gasteiger partial charge in [-0.25, -0.2) is 0 Å². The summed E-state index contributed by atoms with van der Waals surface area (Å²) in [6.45, 7) is 6.99. The van der Waals surface area contributed by atoms with Crippen molar-refractivity contribution in [2.75, 3.05) is 13.2 Å². The Hall–Kier alpha value is -1.24. The van der Waals surface area contributed by atoms with Crippen LogP contribution < -0.4 is 0 Å². The Morgan fingerprint density at radius 2 is 2.04 bits per heavy atom. The number of ether oxygens (including phenoxy) is 3. The number of rotatable bonds is 0. The van der Waals surface area contributed by atoms with Crippen LogP contribution >= 0.6 is 0 Å². The molecule has 3 aliphatic heterocycles. The number of cyclic esters (lactones) is 1. The van der Waals surface area contributed by atoms with Crippen LogP contribution in [0.4, 0.5) is 0 Å². The van der Waals surface area contributed by atoms with Crippen LogP contribution in [-0.2, 0) is 23.8 Å². The smallest absolute Gasteiger partial charge is 0.320 e. The third kappa shape index (κ3) is 1.40. The van der Waals surface area contributed by atoms with Crippen molar-refractivity contribution in [3.05, 3.63) is 12.2 Å². The van der Waals surface area contributed by atoms with E-state index in [0.717, 1.165) is 12.8 Å². The van der Waals surface area contributed by atoms with Gasteiger partial charge in [0.2, 0.25) is 0 Å². The molecule has 9 unspecified atom stereocenters. The van der Waals surface area contributed by atoms with Gasteiger partial charge in [-0.15, -0.1) is 0 Å². The first-order valence-corrected chi connectivity index (χ1v) is 9.70. The highest BCUT2D eigenvalue weighted by Crippen LogP contribution is 2.72. The quantitative estimate of drug-likeness (QED) is 0.397. The molecule has 9 atom stereocenters. The number of carbonyl (C=O) groups is 2. The molecule has 0 radical (unpaired) electrons. The van der Waals surface area contributed by atoms with Gasteiger partial charge in [0.1, 0.15) is 12.0 Å². The van der Waals surface area contributed by atoms with Gasteiger partial charge in [0, 0.05) is 17.3 Å². The van der Waals surface area contributed by atoms with Gasteiger partial charge >= 0.3 is 5.97 Å². The van der Waals surface area contributed by atoms with Gasteiger partial charge in [-0.05, 0) is 42.6 Å². The highest BCUT2D eigenvalue weighted by atomic mass is 16.7. The zero-order chi connectivity index (χ0) is 18.1. The van der Waals surface area contributed by atoms with E-state index < -0.39 is 28.8 Å². The molecule has 6 rings (SSSR count). The monoisotopic (exact) mass is 360 g/mol. The number of aliphatic hydroxyl groups excluding tert-OH is 1. The summed E-state index contributed by atoms with van der Waals surface area (Å²) in [5.41, 5.74) is -1.42. The molecule has 0 aromatic rings. The van der Waals surface area contributed by atoms with Gasteiger partial charge in [-0.2, -0.15) is 0 Å². The molecule has 1 N–H and O–H groups in total. The van der Waals surface area contributed by atoms with Crippen LogP contribution in [0, 0.1) is 34.0 Å². The van der Waals surface area contributed by atoms with Crippen LogP contribution in [0.2, 0.25) is 0 Å². The van der Waals surface area contributed by atoms with Crippen molar-refractivity contribution < 1.29 is 28.9 Å². The molecule has 3 aliphatic carbocycles. The second-order valence-corrected chi connectivity index (χ2v) is 9.67. The van der Waals surface area contributed by atoms with Crippen LogP contribution in [-0.4, -0.2) is 48.6 Å². The summed E-state index contributed by atoms with van der Waals surface area (Å²) in [7, 11) is 0. The lowest BCUT2D eigenvalue weighted by atomic mass is 9.44. The number of Topliss-reactive ketones (excluding diaryl/α,β-unsaturated/α-hetero) is 1. The highest BCUT2D eigenvalue weighted by molar-refractivity contribution is 6.15. The first kappa shape index (κ1) is 15.8. The number of hydrogen-bond acceptors (Lipinski definition) is 6. The maximum Gasteiger partial charge on any atom is 0.320 e. The minimum atomic E-state index is -1.28.